The summed E-state index contributed by atoms with van der Waals surface area (Å²) in [6, 6.07) is 6.55. The van der Waals surface area contributed by atoms with Gasteiger partial charge in [0.25, 0.3) is 0 Å². The average Bonchev–Trinajstić information content (AvgIpc) is 2.87. The minimum Gasteiger partial charge on any atom is -0.314 e. The molecule has 0 bridgehead atoms. The van der Waals surface area contributed by atoms with E-state index in [2.05, 4.69) is 15.1 Å². The largest absolute Gasteiger partial charge is 0.314 e. The summed E-state index contributed by atoms with van der Waals surface area (Å²) < 4.78 is 0. The molecule has 0 aromatic heterocycles. The minimum atomic E-state index is 0. The molecule has 3 nitrogen and oxygen atoms in total. The highest BCUT2D eigenvalue weighted by Crippen LogP contribution is 2.23. The summed E-state index contributed by atoms with van der Waals surface area (Å²) in [4.78, 5) is 5.14. The molecule has 1 unspecified atom stereocenters. The Morgan fingerprint density at radius 3 is 2.38 bits per heavy atom. The maximum atomic E-state index is 6.07. The van der Waals surface area contributed by atoms with Crippen LogP contribution in [-0.2, 0) is 6.54 Å². The van der Waals surface area contributed by atoms with Crippen LogP contribution in [0.3, 0.4) is 0 Å². The van der Waals surface area contributed by atoms with E-state index in [1.54, 1.807) is 6.07 Å². The number of nitrogens with one attached hydrogen (secondary N) is 1. The zero-order valence-electron chi connectivity index (χ0n) is 12.0. The van der Waals surface area contributed by atoms with Crippen LogP contribution in [0, 0.1) is 0 Å². The van der Waals surface area contributed by atoms with Crippen LogP contribution >= 0.6 is 35.6 Å². The van der Waals surface area contributed by atoms with Gasteiger partial charge in [-0.3, -0.25) is 9.80 Å². The molecule has 0 radical (unpaired) electrons. The lowest BCUT2D eigenvalue weighted by atomic mass is 10.2. The van der Waals surface area contributed by atoms with Crippen molar-refractivity contribution in [2.45, 2.75) is 19.0 Å². The van der Waals surface area contributed by atoms with Gasteiger partial charge < -0.3 is 5.32 Å². The molecular weight excluding hydrogens is 329 g/mol. The van der Waals surface area contributed by atoms with Gasteiger partial charge in [-0.05, 0) is 30.2 Å². The number of hydrogen-bond donors (Lipinski definition) is 1. The Balaban J connectivity index is 0.00000161. The standard InChI is InChI=1S/C15H21Cl2N3.ClH/c16-13-7-12(8-14(17)9-13)10-19-4-1-15(11-19)20-5-2-18-3-6-20;/h7-9,15,18H,1-6,10-11H2;1H. The lowest BCUT2D eigenvalue weighted by Crippen LogP contribution is -2.49. The van der Waals surface area contributed by atoms with Gasteiger partial charge in [0, 0.05) is 61.9 Å². The van der Waals surface area contributed by atoms with Crippen molar-refractivity contribution in [2.24, 2.45) is 0 Å². The second-order valence-electron chi connectivity index (χ2n) is 5.74. The molecule has 0 amide bonds. The summed E-state index contributed by atoms with van der Waals surface area (Å²) in [5.74, 6) is 0. The highest BCUT2D eigenvalue weighted by atomic mass is 35.5. The van der Waals surface area contributed by atoms with E-state index in [1.807, 2.05) is 12.1 Å². The fraction of sp³-hybridized carbons (Fsp3) is 0.600. The highest BCUT2D eigenvalue weighted by molar-refractivity contribution is 6.34. The molecule has 0 spiro atoms. The summed E-state index contributed by atoms with van der Waals surface area (Å²) in [6.45, 7) is 7.88. The van der Waals surface area contributed by atoms with Crippen LogP contribution in [0.4, 0.5) is 0 Å². The number of piperazine rings is 1. The van der Waals surface area contributed by atoms with Crippen molar-refractivity contribution < 1.29 is 0 Å². The van der Waals surface area contributed by atoms with E-state index in [0.29, 0.717) is 6.04 Å². The fourth-order valence-electron chi connectivity index (χ4n) is 3.26. The quantitative estimate of drug-likeness (QED) is 0.904. The molecule has 0 aliphatic carbocycles. The minimum absolute atomic E-state index is 0. The highest BCUT2D eigenvalue weighted by Gasteiger charge is 2.28. The van der Waals surface area contributed by atoms with E-state index >= 15 is 0 Å². The smallest absolute Gasteiger partial charge is 0.0424 e. The number of halogens is 3. The molecular formula is C15H22Cl3N3. The Bertz CT molecular complexity index is 443. The summed E-state index contributed by atoms with van der Waals surface area (Å²) in [7, 11) is 0. The van der Waals surface area contributed by atoms with Crippen LogP contribution in [0.2, 0.25) is 10.0 Å². The average molecular weight is 351 g/mol. The topological polar surface area (TPSA) is 18.5 Å². The van der Waals surface area contributed by atoms with Gasteiger partial charge >= 0.3 is 0 Å². The number of likely N-dealkylation sites (tertiary alicyclic amines) is 1. The predicted octanol–water partition coefficient (Wildman–Crippen LogP) is 2.89. The van der Waals surface area contributed by atoms with E-state index in [1.165, 1.54) is 31.6 Å². The monoisotopic (exact) mass is 349 g/mol. The van der Waals surface area contributed by atoms with E-state index in [0.717, 1.165) is 36.2 Å². The van der Waals surface area contributed by atoms with Gasteiger partial charge in [-0.1, -0.05) is 23.2 Å². The zero-order chi connectivity index (χ0) is 13.9. The van der Waals surface area contributed by atoms with Crippen molar-refractivity contribution in [1.29, 1.82) is 0 Å². The lowest BCUT2D eigenvalue weighted by Gasteiger charge is -2.32. The van der Waals surface area contributed by atoms with Crippen LogP contribution < -0.4 is 5.32 Å². The molecule has 1 atom stereocenters. The Morgan fingerprint density at radius 1 is 1.05 bits per heavy atom. The fourth-order valence-corrected chi connectivity index (χ4v) is 3.83. The predicted molar refractivity (Wildman–Crippen MR) is 91.8 cm³/mol. The molecule has 1 aromatic rings. The Morgan fingerprint density at radius 2 is 1.71 bits per heavy atom. The first-order valence-corrected chi connectivity index (χ1v) is 8.08. The van der Waals surface area contributed by atoms with Crippen LogP contribution in [0.25, 0.3) is 0 Å². The Labute approximate surface area is 143 Å². The third kappa shape index (κ3) is 4.72. The molecule has 6 heteroatoms. The SMILES string of the molecule is Cl.Clc1cc(Cl)cc(CN2CCC(N3CCNCC3)C2)c1. The van der Waals surface area contributed by atoms with Gasteiger partial charge in [-0.2, -0.15) is 0 Å². The molecule has 2 fully saturated rings. The van der Waals surface area contributed by atoms with Crippen LogP contribution in [0.5, 0.6) is 0 Å². The van der Waals surface area contributed by atoms with Crippen LogP contribution in [0.1, 0.15) is 12.0 Å². The molecule has 1 aromatic carbocycles. The van der Waals surface area contributed by atoms with Crippen LogP contribution in [-0.4, -0.2) is 55.1 Å². The lowest BCUT2D eigenvalue weighted by molar-refractivity contribution is 0.170. The summed E-state index contributed by atoms with van der Waals surface area (Å²) in [5, 5.41) is 4.87. The molecule has 2 aliphatic heterocycles. The van der Waals surface area contributed by atoms with Crippen molar-refractivity contribution in [1.82, 2.24) is 15.1 Å². The van der Waals surface area contributed by atoms with Crippen molar-refractivity contribution in [3.8, 4) is 0 Å². The van der Waals surface area contributed by atoms with Crippen LogP contribution in [0.15, 0.2) is 18.2 Å². The molecule has 2 saturated heterocycles. The van der Waals surface area contributed by atoms with Crippen molar-refractivity contribution >= 4 is 35.6 Å². The first-order valence-electron chi connectivity index (χ1n) is 7.33. The third-order valence-corrected chi connectivity index (χ3v) is 4.68. The van der Waals surface area contributed by atoms with E-state index < -0.39 is 0 Å². The zero-order valence-corrected chi connectivity index (χ0v) is 14.4. The van der Waals surface area contributed by atoms with Gasteiger partial charge in [0.05, 0.1) is 0 Å². The normalized spacial score (nSPS) is 24.0. The maximum absolute atomic E-state index is 6.07. The molecule has 2 aliphatic rings. The van der Waals surface area contributed by atoms with Gasteiger partial charge in [-0.15, -0.1) is 12.4 Å². The molecule has 118 valence electrons. The summed E-state index contributed by atoms with van der Waals surface area (Å²) in [5.41, 5.74) is 1.21. The molecule has 1 N–H and O–H groups in total. The molecule has 2 heterocycles. The first-order chi connectivity index (χ1) is 9.70. The van der Waals surface area contributed by atoms with Crippen molar-refractivity contribution in [3.63, 3.8) is 0 Å². The maximum Gasteiger partial charge on any atom is 0.0424 e. The van der Waals surface area contributed by atoms with Gasteiger partial charge in [0.2, 0.25) is 0 Å². The summed E-state index contributed by atoms with van der Waals surface area (Å²) in [6.07, 6.45) is 1.27. The Kier molecular flexibility index (Phi) is 6.60. The number of hydrogen-bond acceptors (Lipinski definition) is 3. The number of nitrogens with zero attached hydrogens (tertiary/aromatic N) is 2. The van der Waals surface area contributed by atoms with Gasteiger partial charge in [0.1, 0.15) is 0 Å². The summed E-state index contributed by atoms with van der Waals surface area (Å²) >= 11 is 12.1. The van der Waals surface area contributed by atoms with E-state index in [4.69, 9.17) is 23.2 Å². The number of rotatable bonds is 3. The van der Waals surface area contributed by atoms with Gasteiger partial charge in [-0.25, -0.2) is 0 Å². The second kappa shape index (κ2) is 8.00. The van der Waals surface area contributed by atoms with Crippen molar-refractivity contribution in [3.05, 3.63) is 33.8 Å². The van der Waals surface area contributed by atoms with E-state index in [9.17, 15) is 0 Å². The molecule has 3 rings (SSSR count). The Hall–Kier alpha value is -0.0300. The second-order valence-corrected chi connectivity index (χ2v) is 6.61. The van der Waals surface area contributed by atoms with Gasteiger partial charge in [0.15, 0.2) is 0 Å². The van der Waals surface area contributed by atoms with Crippen molar-refractivity contribution in [2.75, 3.05) is 39.3 Å². The number of benzene rings is 1. The first kappa shape index (κ1) is 17.3. The molecule has 0 saturated carbocycles. The molecule has 21 heavy (non-hydrogen) atoms. The van der Waals surface area contributed by atoms with E-state index in [-0.39, 0.29) is 12.4 Å². The third-order valence-electron chi connectivity index (χ3n) is 4.24.